The fourth-order valence-electron chi connectivity index (χ4n) is 3.05. The predicted octanol–water partition coefficient (Wildman–Crippen LogP) is 2.26. The van der Waals surface area contributed by atoms with Crippen LogP contribution in [-0.2, 0) is 12.8 Å². The summed E-state index contributed by atoms with van der Waals surface area (Å²) in [6.07, 6.45) is 9.56. The Morgan fingerprint density at radius 3 is 2.62 bits per heavy atom. The first kappa shape index (κ1) is 13.2. The van der Waals surface area contributed by atoms with Gasteiger partial charge in [-0.25, -0.2) is 15.0 Å². The van der Waals surface area contributed by atoms with Gasteiger partial charge in [0.2, 0.25) is 0 Å². The van der Waals surface area contributed by atoms with Gasteiger partial charge in [0, 0.05) is 48.4 Å². The summed E-state index contributed by atoms with van der Waals surface area (Å²) in [5.74, 6) is 0. The van der Waals surface area contributed by atoms with Crippen molar-refractivity contribution in [3.8, 4) is 16.6 Å². The van der Waals surface area contributed by atoms with Gasteiger partial charge < -0.3 is 5.11 Å². The highest BCUT2D eigenvalue weighted by atomic mass is 32.1. The molecule has 0 unspecified atom stereocenters. The molecule has 1 aliphatic carbocycles. The van der Waals surface area contributed by atoms with E-state index in [1.54, 1.807) is 23.7 Å². The van der Waals surface area contributed by atoms with Crippen molar-refractivity contribution in [3.05, 3.63) is 23.0 Å². The summed E-state index contributed by atoms with van der Waals surface area (Å²) in [6, 6.07) is 0.636. The summed E-state index contributed by atoms with van der Waals surface area (Å²) in [5.41, 5.74) is 2.13. The van der Waals surface area contributed by atoms with Crippen LogP contribution >= 0.6 is 11.3 Å². The smallest absolute Gasteiger partial charge is 0.313 e. The van der Waals surface area contributed by atoms with Crippen LogP contribution in [0.1, 0.15) is 29.8 Å². The van der Waals surface area contributed by atoms with Crippen molar-refractivity contribution in [3.63, 3.8) is 0 Å². The van der Waals surface area contributed by atoms with Gasteiger partial charge in [-0.2, -0.15) is 0 Å². The van der Waals surface area contributed by atoms with E-state index in [1.807, 2.05) is 0 Å². The van der Waals surface area contributed by atoms with Crippen molar-refractivity contribution in [2.75, 3.05) is 13.1 Å². The standard InChI is InChI=1S/C15H18N4OS/c20-15-16-8-10(9-17-15)14-18-12-4-6-19(11-2-1-3-11)7-5-13(12)21-14/h8-9,11H,1-7H2,(H,16,17,20). The van der Waals surface area contributed by atoms with Crippen molar-refractivity contribution in [2.24, 2.45) is 0 Å². The number of hydrogen-bond acceptors (Lipinski definition) is 6. The van der Waals surface area contributed by atoms with Gasteiger partial charge in [0.15, 0.2) is 0 Å². The Labute approximate surface area is 127 Å². The van der Waals surface area contributed by atoms with E-state index in [4.69, 9.17) is 10.1 Å². The van der Waals surface area contributed by atoms with E-state index in [1.165, 1.54) is 29.8 Å². The lowest BCUT2D eigenvalue weighted by Crippen LogP contribution is -2.41. The molecular formula is C15H18N4OS. The Morgan fingerprint density at radius 1 is 1.14 bits per heavy atom. The second-order valence-electron chi connectivity index (χ2n) is 5.78. The predicted molar refractivity (Wildman–Crippen MR) is 81.4 cm³/mol. The highest BCUT2D eigenvalue weighted by molar-refractivity contribution is 7.15. The van der Waals surface area contributed by atoms with Crippen molar-refractivity contribution < 1.29 is 5.11 Å². The molecule has 1 N–H and O–H groups in total. The van der Waals surface area contributed by atoms with Crippen molar-refractivity contribution in [1.82, 2.24) is 19.9 Å². The van der Waals surface area contributed by atoms with Gasteiger partial charge >= 0.3 is 6.01 Å². The van der Waals surface area contributed by atoms with E-state index in [0.717, 1.165) is 42.5 Å². The molecule has 5 nitrogen and oxygen atoms in total. The minimum atomic E-state index is -0.187. The zero-order valence-electron chi connectivity index (χ0n) is 11.8. The first-order valence-corrected chi connectivity index (χ1v) is 8.35. The second kappa shape index (κ2) is 5.35. The van der Waals surface area contributed by atoms with Crippen LogP contribution in [0.5, 0.6) is 6.01 Å². The minimum absolute atomic E-state index is 0.187. The largest absolute Gasteiger partial charge is 0.479 e. The lowest BCUT2D eigenvalue weighted by molar-refractivity contribution is 0.133. The van der Waals surface area contributed by atoms with Gasteiger partial charge in [0.05, 0.1) is 5.69 Å². The van der Waals surface area contributed by atoms with Crippen LogP contribution in [0.15, 0.2) is 12.4 Å². The molecule has 2 aliphatic rings. The molecule has 21 heavy (non-hydrogen) atoms. The fourth-order valence-corrected chi connectivity index (χ4v) is 4.12. The number of aromatic hydroxyl groups is 1. The third-order valence-electron chi connectivity index (χ3n) is 4.52. The topological polar surface area (TPSA) is 62.1 Å². The van der Waals surface area contributed by atoms with Crippen LogP contribution in [0.4, 0.5) is 0 Å². The van der Waals surface area contributed by atoms with Gasteiger partial charge in [0.25, 0.3) is 0 Å². The molecule has 0 radical (unpaired) electrons. The molecule has 3 heterocycles. The van der Waals surface area contributed by atoms with Crippen LogP contribution < -0.4 is 0 Å². The second-order valence-corrected chi connectivity index (χ2v) is 6.86. The highest BCUT2D eigenvalue weighted by Gasteiger charge is 2.27. The molecule has 0 saturated heterocycles. The summed E-state index contributed by atoms with van der Waals surface area (Å²) in [6.45, 7) is 2.29. The zero-order chi connectivity index (χ0) is 14.2. The zero-order valence-corrected chi connectivity index (χ0v) is 12.6. The Bertz CT molecular complexity index is 610. The summed E-state index contributed by atoms with van der Waals surface area (Å²) in [4.78, 5) is 16.5. The van der Waals surface area contributed by atoms with Crippen LogP contribution in [0, 0.1) is 0 Å². The number of thiazole rings is 1. The number of aromatic nitrogens is 3. The van der Waals surface area contributed by atoms with Gasteiger partial charge in [-0.05, 0) is 19.3 Å². The molecule has 1 fully saturated rings. The lowest BCUT2D eigenvalue weighted by atomic mass is 9.91. The van der Waals surface area contributed by atoms with Gasteiger partial charge in [-0.1, -0.05) is 6.42 Å². The molecule has 1 aliphatic heterocycles. The molecule has 2 aromatic heterocycles. The van der Waals surface area contributed by atoms with E-state index in [0.29, 0.717) is 0 Å². The minimum Gasteiger partial charge on any atom is -0.479 e. The fraction of sp³-hybridized carbons (Fsp3) is 0.533. The van der Waals surface area contributed by atoms with Crippen molar-refractivity contribution in [2.45, 2.75) is 38.1 Å². The summed E-state index contributed by atoms with van der Waals surface area (Å²) in [5, 5.41) is 10.1. The average molecular weight is 302 g/mol. The highest BCUT2D eigenvalue weighted by Crippen LogP contribution is 2.32. The lowest BCUT2D eigenvalue weighted by Gasteiger charge is -2.36. The average Bonchev–Trinajstić information content (AvgIpc) is 2.75. The summed E-state index contributed by atoms with van der Waals surface area (Å²) < 4.78 is 0. The van der Waals surface area contributed by atoms with E-state index < -0.39 is 0 Å². The first-order chi connectivity index (χ1) is 10.3. The molecule has 1 saturated carbocycles. The maximum Gasteiger partial charge on any atom is 0.313 e. The molecule has 2 aromatic rings. The maximum atomic E-state index is 9.17. The van der Waals surface area contributed by atoms with E-state index in [-0.39, 0.29) is 6.01 Å². The number of hydrogen-bond donors (Lipinski definition) is 1. The van der Waals surface area contributed by atoms with Crippen molar-refractivity contribution >= 4 is 11.3 Å². The molecular weight excluding hydrogens is 284 g/mol. The quantitative estimate of drug-likeness (QED) is 0.922. The molecule has 6 heteroatoms. The van der Waals surface area contributed by atoms with Crippen LogP contribution in [-0.4, -0.2) is 44.1 Å². The molecule has 4 rings (SSSR count). The third-order valence-corrected chi connectivity index (χ3v) is 5.72. The van der Waals surface area contributed by atoms with Gasteiger partial charge in [0.1, 0.15) is 5.01 Å². The summed E-state index contributed by atoms with van der Waals surface area (Å²) >= 11 is 1.75. The molecule has 0 amide bonds. The van der Waals surface area contributed by atoms with Crippen LogP contribution in [0.3, 0.4) is 0 Å². The number of fused-ring (bicyclic) bond motifs is 1. The third kappa shape index (κ3) is 2.53. The molecule has 0 spiro atoms. The van der Waals surface area contributed by atoms with Crippen LogP contribution in [0.2, 0.25) is 0 Å². The maximum absolute atomic E-state index is 9.17. The molecule has 0 bridgehead atoms. The van der Waals surface area contributed by atoms with E-state index in [2.05, 4.69) is 14.9 Å². The monoisotopic (exact) mass is 302 g/mol. The first-order valence-electron chi connectivity index (χ1n) is 7.53. The van der Waals surface area contributed by atoms with E-state index in [9.17, 15) is 0 Å². The summed E-state index contributed by atoms with van der Waals surface area (Å²) in [7, 11) is 0. The van der Waals surface area contributed by atoms with Crippen LogP contribution in [0.25, 0.3) is 10.6 Å². The Hall–Kier alpha value is -1.53. The van der Waals surface area contributed by atoms with Gasteiger partial charge in [-0.15, -0.1) is 11.3 Å². The number of nitrogens with zero attached hydrogens (tertiary/aromatic N) is 4. The number of rotatable bonds is 2. The molecule has 0 atom stereocenters. The van der Waals surface area contributed by atoms with Gasteiger partial charge in [-0.3, -0.25) is 4.90 Å². The van der Waals surface area contributed by atoms with Crippen molar-refractivity contribution in [1.29, 1.82) is 0 Å². The SMILES string of the molecule is Oc1ncc(-c2nc3c(s2)CCN(C2CCC2)CC3)cn1. The Kier molecular flexibility index (Phi) is 3.35. The molecule has 0 aromatic carbocycles. The molecule has 110 valence electrons. The Balaban J connectivity index is 1.53. The Morgan fingerprint density at radius 2 is 1.90 bits per heavy atom. The van der Waals surface area contributed by atoms with E-state index >= 15 is 0 Å². The normalized spacial score (nSPS) is 19.8.